The first-order chi connectivity index (χ1) is 8.34. The number of amides is 1. The fraction of sp³-hybridized carbons (Fsp3) is 0.308. The van der Waals surface area contributed by atoms with Crippen LogP contribution in [0.1, 0.15) is 39.0 Å². The Bertz CT molecular complexity index is 515. The van der Waals surface area contributed by atoms with Crippen LogP contribution in [0.3, 0.4) is 0 Å². The van der Waals surface area contributed by atoms with Crippen LogP contribution in [0.25, 0.3) is 0 Å². The van der Waals surface area contributed by atoms with Gasteiger partial charge in [-0.15, -0.1) is 22.7 Å². The second-order valence-electron chi connectivity index (χ2n) is 4.19. The summed E-state index contributed by atoms with van der Waals surface area (Å²) in [6.07, 6.45) is 3.39. The molecule has 0 spiro atoms. The molecule has 1 amide bonds. The van der Waals surface area contributed by atoms with E-state index in [1.54, 1.807) is 11.3 Å². The molecule has 0 bridgehead atoms. The van der Waals surface area contributed by atoms with Crippen molar-refractivity contribution in [3.8, 4) is 0 Å². The SMILES string of the molecule is O=C(NC1CCCc2sccc21)c1cccs1. The summed E-state index contributed by atoms with van der Waals surface area (Å²) in [5, 5.41) is 7.20. The number of nitrogens with one attached hydrogen (secondary N) is 1. The molecule has 1 atom stereocenters. The highest BCUT2D eigenvalue weighted by atomic mass is 32.1. The second-order valence-corrected chi connectivity index (χ2v) is 6.14. The zero-order chi connectivity index (χ0) is 11.7. The number of rotatable bonds is 2. The molecule has 0 aliphatic heterocycles. The summed E-state index contributed by atoms with van der Waals surface area (Å²) in [5.74, 6) is 0.0593. The number of thiophene rings is 2. The quantitative estimate of drug-likeness (QED) is 0.881. The third kappa shape index (κ3) is 2.15. The van der Waals surface area contributed by atoms with Gasteiger partial charge < -0.3 is 5.32 Å². The maximum Gasteiger partial charge on any atom is 0.261 e. The third-order valence-corrected chi connectivity index (χ3v) is 4.97. The van der Waals surface area contributed by atoms with Crippen LogP contribution in [0.4, 0.5) is 0 Å². The molecule has 2 nitrogen and oxygen atoms in total. The average molecular weight is 263 g/mol. The van der Waals surface area contributed by atoms with Gasteiger partial charge in [-0.3, -0.25) is 4.79 Å². The lowest BCUT2D eigenvalue weighted by molar-refractivity contribution is 0.0937. The van der Waals surface area contributed by atoms with Crippen LogP contribution in [-0.2, 0) is 6.42 Å². The summed E-state index contributed by atoms with van der Waals surface area (Å²) in [5.41, 5.74) is 1.33. The van der Waals surface area contributed by atoms with Gasteiger partial charge in [-0.2, -0.15) is 0 Å². The minimum atomic E-state index is 0.0593. The van der Waals surface area contributed by atoms with Gasteiger partial charge >= 0.3 is 0 Å². The van der Waals surface area contributed by atoms with Crippen molar-refractivity contribution in [3.63, 3.8) is 0 Å². The lowest BCUT2D eigenvalue weighted by atomic mass is 9.94. The summed E-state index contributed by atoms with van der Waals surface area (Å²) in [6, 6.07) is 6.14. The Hall–Kier alpha value is -1.13. The summed E-state index contributed by atoms with van der Waals surface area (Å²) in [6.45, 7) is 0. The first-order valence-electron chi connectivity index (χ1n) is 5.75. The largest absolute Gasteiger partial charge is 0.344 e. The number of fused-ring (bicyclic) bond motifs is 1. The van der Waals surface area contributed by atoms with Crippen LogP contribution in [0.5, 0.6) is 0 Å². The van der Waals surface area contributed by atoms with E-state index in [9.17, 15) is 4.79 Å². The van der Waals surface area contributed by atoms with E-state index in [4.69, 9.17) is 0 Å². The predicted molar refractivity (Wildman–Crippen MR) is 71.8 cm³/mol. The Kier molecular flexibility index (Phi) is 2.99. The van der Waals surface area contributed by atoms with E-state index in [-0.39, 0.29) is 11.9 Å². The molecule has 3 rings (SSSR count). The van der Waals surface area contributed by atoms with E-state index in [1.807, 2.05) is 17.5 Å². The molecule has 2 aromatic heterocycles. The summed E-state index contributed by atoms with van der Waals surface area (Å²) >= 11 is 3.30. The van der Waals surface area contributed by atoms with Crippen LogP contribution in [0.15, 0.2) is 29.0 Å². The number of carbonyl (C=O) groups excluding carboxylic acids is 1. The van der Waals surface area contributed by atoms with Gasteiger partial charge in [-0.1, -0.05) is 6.07 Å². The van der Waals surface area contributed by atoms with Gasteiger partial charge in [0, 0.05) is 4.88 Å². The van der Waals surface area contributed by atoms with Crippen molar-refractivity contribution in [2.24, 2.45) is 0 Å². The first-order valence-corrected chi connectivity index (χ1v) is 7.51. The Morgan fingerprint density at radius 1 is 1.29 bits per heavy atom. The maximum absolute atomic E-state index is 12.0. The normalized spacial score (nSPS) is 18.7. The lowest BCUT2D eigenvalue weighted by Gasteiger charge is -2.23. The van der Waals surface area contributed by atoms with Gasteiger partial charge in [-0.25, -0.2) is 0 Å². The van der Waals surface area contributed by atoms with Gasteiger partial charge in [-0.05, 0) is 47.7 Å². The number of aryl methyl sites for hydroxylation is 1. The minimum Gasteiger partial charge on any atom is -0.344 e. The van der Waals surface area contributed by atoms with Crippen molar-refractivity contribution in [3.05, 3.63) is 44.3 Å². The van der Waals surface area contributed by atoms with E-state index >= 15 is 0 Å². The van der Waals surface area contributed by atoms with Crippen molar-refractivity contribution in [1.29, 1.82) is 0 Å². The molecule has 0 saturated heterocycles. The molecular formula is C13H13NOS2. The van der Waals surface area contributed by atoms with Crippen LogP contribution in [-0.4, -0.2) is 5.91 Å². The number of hydrogen-bond acceptors (Lipinski definition) is 3. The van der Waals surface area contributed by atoms with Gasteiger partial charge in [0.1, 0.15) is 0 Å². The molecule has 17 heavy (non-hydrogen) atoms. The Labute approximate surface area is 108 Å². The number of hydrogen-bond donors (Lipinski definition) is 1. The van der Waals surface area contributed by atoms with Crippen molar-refractivity contribution < 1.29 is 4.79 Å². The minimum absolute atomic E-state index is 0.0593. The molecule has 1 N–H and O–H groups in total. The highest BCUT2D eigenvalue weighted by molar-refractivity contribution is 7.12. The van der Waals surface area contributed by atoms with Crippen molar-refractivity contribution in [2.75, 3.05) is 0 Å². The fourth-order valence-corrected chi connectivity index (χ4v) is 3.89. The summed E-state index contributed by atoms with van der Waals surface area (Å²) < 4.78 is 0. The van der Waals surface area contributed by atoms with Crippen molar-refractivity contribution in [1.82, 2.24) is 5.32 Å². The molecule has 0 radical (unpaired) electrons. The molecule has 2 aromatic rings. The standard InChI is InChI=1S/C13H13NOS2/c15-13(12-5-2-7-16-12)14-10-3-1-4-11-9(10)6-8-17-11/h2,5-8,10H,1,3-4H2,(H,14,15). The Balaban J connectivity index is 1.77. The third-order valence-electron chi connectivity index (χ3n) is 3.10. The van der Waals surface area contributed by atoms with Gasteiger partial charge in [0.25, 0.3) is 5.91 Å². The lowest BCUT2D eigenvalue weighted by Crippen LogP contribution is -2.29. The van der Waals surface area contributed by atoms with Crippen LogP contribution in [0.2, 0.25) is 0 Å². The smallest absolute Gasteiger partial charge is 0.261 e. The molecule has 0 saturated carbocycles. The number of carbonyl (C=O) groups is 1. The molecule has 2 heterocycles. The molecule has 0 aromatic carbocycles. The molecule has 1 unspecified atom stereocenters. The van der Waals surface area contributed by atoms with E-state index in [0.717, 1.165) is 11.3 Å². The van der Waals surface area contributed by atoms with E-state index in [1.165, 1.54) is 34.6 Å². The summed E-state index contributed by atoms with van der Waals surface area (Å²) in [7, 11) is 0. The summed E-state index contributed by atoms with van der Waals surface area (Å²) in [4.78, 5) is 14.2. The molecule has 4 heteroatoms. The van der Waals surface area contributed by atoms with E-state index < -0.39 is 0 Å². The van der Waals surface area contributed by atoms with Crippen LogP contribution in [0, 0.1) is 0 Å². The van der Waals surface area contributed by atoms with E-state index in [2.05, 4.69) is 16.8 Å². The predicted octanol–water partition coefficient (Wildman–Crippen LogP) is 3.62. The van der Waals surface area contributed by atoms with Gasteiger partial charge in [0.2, 0.25) is 0 Å². The van der Waals surface area contributed by atoms with Gasteiger partial charge in [0.05, 0.1) is 10.9 Å². The maximum atomic E-state index is 12.0. The Morgan fingerprint density at radius 3 is 3.06 bits per heavy atom. The molecule has 1 aliphatic carbocycles. The highest BCUT2D eigenvalue weighted by Gasteiger charge is 2.23. The molecular weight excluding hydrogens is 250 g/mol. The van der Waals surface area contributed by atoms with Crippen LogP contribution < -0.4 is 5.32 Å². The van der Waals surface area contributed by atoms with Crippen LogP contribution >= 0.6 is 22.7 Å². The van der Waals surface area contributed by atoms with Crippen molar-refractivity contribution >= 4 is 28.6 Å². The van der Waals surface area contributed by atoms with E-state index in [0.29, 0.717) is 0 Å². The monoisotopic (exact) mass is 263 g/mol. The zero-order valence-electron chi connectivity index (χ0n) is 9.31. The second kappa shape index (κ2) is 4.63. The first kappa shape index (κ1) is 11.0. The molecule has 0 fully saturated rings. The zero-order valence-corrected chi connectivity index (χ0v) is 10.9. The topological polar surface area (TPSA) is 29.1 Å². The Morgan fingerprint density at radius 2 is 2.24 bits per heavy atom. The molecule has 1 aliphatic rings. The molecule has 88 valence electrons. The average Bonchev–Trinajstić information content (AvgIpc) is 3.00. The fourth-order valence-electron chi connectivity index (χ4n) is 2.27. The highest BCUT2D eigenvalue weighted by Crippen LogP contribution is 2.33. The van der Waals surface area contributed by atoms with Crippen molar-refractivity contribution in [2.45, 2.75) is 25.3 Å². The van der Waals surface area contributed by atoms with Gasteiger partial charge in [0.15, 0.2) is 0 Å².